The highest BCUT2D eigenvalue weighted by Gasteiger charge is 2.34. The third-order valence-corrected chi connectivity index (χ3v) is 2.35. The van der Waals surface area contributed by atoms with Gasteiger partial charge in [0.2, 0.25) is 0 Å². The van der Waals surface area contributed by atoms with Gasteiger partial charge in [-0.15, -0.1) is 13.2 Å². The van der Waals surface area contributed by atoms with Crippen molar-refractivity contribution in [1.82, 2.24) is 4.98 Å². The minimum Gasteiger partial charge on any atom is -0.494 e. The van der Waals surface area contributed by atoms with Gasteiger partial charge in [0.25, 0.3) is 0 Å². The predicted molar refractivity (Wildman–Crippen MR) is 51.1 cm³/mol. The lowest BCUT2D eigenvalue weighted by Crippen LogP contribution is -2.19. The Morgan fingerprint density at radius 3 is 2.56 bits per heavy atom. The van der Waals surface area contributed by atoms with Crippen molar-refractivity contribution in [2.24, 2.45) is 0 Å². The number of hydrogen-bond acceptors (Lipinski definition) is 4. The van der Waals surface area contributed by atoms with Crippen molar-refractivity contribution in [3.05, 3.63) is 16.4 Å². The summed E-state index contributed by atoms with van der Waals surface area (Å²) in [6, 6.07) is 0. The first-order valence-electron chi connectivity index (χ1n) is 3.97. The highest BCUT2D eigenvalue weighted by molar-refractivity contribution is 9.10. The molecule has 1 aromatic heterocycles. The molecule has 1 N–H and O–H groups in total. The highest BCUT2D eigenvalue weighted by Crippen LogP contribution is 2.38. The molecule has 0 aliphatic carbocycles. The predicted octanol–water partition coefficient (Wildman–Crippen LogP) is 2.24. The first-order valence-corrected chi connectivity index (χ1v) is 4.76. The van der Waals surface area contributed by atoms with Crippen LogP contribution in [-0.2, 0) is 6.61 Å². The third kappa shape index (κ3) is 2.99. The van der Waals surface area contributed by atoms with Crippen LogP contribution in [0.1, 0.15) is 5.69 Å². The fourth-order valence-corrected chi connectivity index (χ4v) is 1.54. The molecule has 0 fully saturated rings. The Bertz CT molecular complexity index is 384. The summed E-state index contributed by atoms with van der Waals surface area (Å²) in [4.78, 5) is 3.58. The van der Waals surface area contributed by atoms with E-state index in [4.69, 9.17) is 9.84 Å². The molecule has 1 heterocycles. The number of aromatic nitrogens is 1. The van der Waals surface area contributed by atoms with E-state index in [2.05, 4.69) is 25.7 Å². The van der Waals surface area contributed by atoms with Crippen LogP contribution in [0.25, 0.3) is 0 Å². The lowest BCUT2D eigenvalue weighted by atomic mass is 10.3. The lowest BCUT2D eigenvalue weighted by molar-refractivity contribution is -0.275. The Kier molecular flexibility index (Phi) is 3.98. The number of methoxy groups -OCH3 is 1. The molecule has 0 bridgehead atoms. The second kappa shape index (κ2) is 4.88. The molecule has 0 aromatic carbocycles. The van der Waals surface area contributed by atoms with Crippen LogP contribution in [0, 0.1) is 0 Å². The zero-order chi connectivity index (χ0) is 12.3. The summed E-state index contributed by atoms with van der Waals surface area (Å²) in [5.41, 5.74) is -0.231. The number of aliphatic hydroxyl groups is 1. The van der Waals surface area contributed by atoms with Gasteiger partial charge >= 0.3 is 6.36 Å². The van der Waals surface area contributed by atoms with Crippen molar-refractivity contribution in [2.45, 2.75) is 13.0 Å². The molecule has 1 rings (SSSR count). The smallest absolute Gasteiger partial charge is 0.494 e. The third-order valence-electron chi connectivity index (χ3n) is 1.60. The van der Waals surface area contributed by atoms with Gasteiger partial charge in [0.1, 0.15) is 10.2 Å². The van der Waals surface area contributed by atoms with Gasteiger partial charge < -0.3 is 14.6 Å². The van der Waals surface area contributed by atoms with Gasteiger partial charge in [-0.1, -0.05) is 0 Å². The maximum Gasteiger partial charge on any atom is 0.573 e. The van der Waals surface area contributed by atoms with Crippen molar-refractivity contribution in [2.75, 3.05) is 7.11 Å². The molecule has 16 heavy (non-hydrogen) atoms. The summed E-state index contributed by atoms with van der Waals surface area (Å²) in [5, 5.41) is 8.83. The van der Waals surface area contributed by atoms with Crippen LogP contribution in [0.15, 0.2) is 10.7 Å². The number of pyridine rings is 1. The van der Waals surface area contributed by atoms with Crippen LogP contribution in [0.4, 0.5) is 13.2 Å². The summed E-state index contributed by atoms with van der Waals surface area (Å²) in [6.07, 6.45) is -3.68. The molecule has 0 unspecified atom stereocenters. The average Bonchev–Trinajstić information content (AvgIpc) is 2.19. The van der Waals surface area contributed by atoms with E-state index in [1.54, 1.807) is 0 Å². The monoisotopic (exact) mass is 301 g/mol. The molecule has 0 spiro atoms. The maximum absolute atomic E-state index is 12.1. The molecule has 4 nitrogen and oxygen atoms in total. The van der Waals surface area contributed by atoms with E-state index in [1.165, 1.54) is 13.3 Å². The maximum atomic E-state index is 12.1. The van der Waals surface area contributed by atoms with Crippen molar-refractivity contribution in [3.63, 3.8) is 0 Å². The topological polar surface area (TPSA) is 51.6 Å². The van der Waals surface area contributed by atoms with Crippen LogP contribution in [0.5, 0.6) is 11.5 Å². The second-order valence-electron chi connectivity index (χ2n) is 2.62. The van der Waals surface area contributed by atoms with Crippen molar-refractivity contribution < 1.29 is 27.8 Å². The first kappa shape index (κ1) is 13.0. The molecule has 0 saturated heterocycles. The molecular formula is C8H7BrF3NO3. The number of nitrogens with zero attached hydrogens (tertiary/aromatic N) is 1. The number of halogens is 4. The zero-order valence-corrected chi connectivity index (χ0v) is 9.59. The van der Waals surface area contributed by atoms with E-state index in [0.29, 0.717) is 0 Å². The molecule has 0 radical (unpaired) electrons. The fraction of sp³-hybridized carbons (Fsp3) is 0.375. The summed E-state index contributed by atoms with van der Waals surface area (Å²) in [6.45, 7) is -0.673. The van der Waals surface area contributed by atoms with E-state index in [0.717, 1.165) is 0 Å². The minimum atomic E-state index is -4.86. The molecule has 0 amide bonds. The quantitative estimate of drug-likeness (QED) is 0.930. The van der Waals surface area contributed by atoms with Gasteiger partial charge in [-0.3, -0.25) is 4.98 Å². The van der Waals surface area contributed by atoms with Gasteiger partial charge in [0, 0.05) is 0 Å². The average molecular weight is 302 g/mol. The van der Waals surface area contributed by atoms with E-state index < -0.39 is 18.7 Å². The van der Waals surface area contributed by atoms with Crippen molar-refractivity contribution >= 4 is 15.9 Å². The minimum absolute atomic E-state index is 0.0497. The van der Waals surface area contributed by atoms with Crippen LogP contribution >= 0.6 is 15.9 Å². The Labute approximate surface area is 97.1 Å². The second-order valence-corrected chi connectivity index (χ2v) is 3.42. The van der Waals surface area contributed by atoms with Crippen LogP contribution < -0.4 is 9.47 Å². The normalized spacial score (nSPS) is 11.4. The molecule has 0 aliphatic rings. The number of rotatable bonds is 3. The Balaban J connectivity index is 3.21. The lowest BCUT2D eigenvalue weighted by Gasteiger charge is -2.14. The SMILES string of the molecule is COc1cnc(CO)c(OC(F)(F)F)c1Br. The van der Waals surface area contributed by atoms with Gasteiger partial charge in [-0.2, -0.15) is 0 Å². The molecule has 8 heteroatoms. The van der Waals surface area contributed by atoms with Crippen LogP contribution in [0.3, 0.4) is 0 Å². The number of ether oxygens (including phenoxy) is 2. The number of alkyl halides is 3. The molecule has 0 saturated carbocycles. The van der Waals surface area contributed by atoms with Crippen molar-refractivity contribution in [1.29, 1.82) is 0 Å². The summed E-state index contributed by atoms with van der Waals surface area (Å²) in [5.74, 6) is -0.522. The van der Waals surface area contributed by atoms with Crippen LogP contribution in [-0.4, -0.2) is 23.6 Å². The van der Waals surface area contributed by atoms with E-state index in [-0.39, 0.29) is 15.9 Å². The number of hydrogen-bond donors (Lipinski definition) is 1. The Morgan fingerprint density at radius 1 is 1.50 bits per heavy atom. The van der Waals surface area contributed by atoms with E-state index >= 15 is 0 Å². The first-order chi connectivity index (χ1) is 7.39. The van der Waals surface area contributed by atoms with E-state index in [1.807, 2.05) is 0 Å². The van der Waals surface area contributed by atoms with Crippen molar-refractivity contribution in [3.8, 4) is 11.5 Å². The van der Waals surface area contributed by atoms with E-state index in [9.17, 15) is 13.2 Å². The van der Waals surface area contributed by atoms with Crippen LogP contribution in [0.2, 0.25) is 0 Å². The number of aliphatic hydroxyl groups excluding tert-OH is 1. The molecule has 0 atom stereocenters. The fourth-order valence-electron chi connectivity index (χ4n) is 0.965. The van der Waals surface area contributed by atoms with Gasteiger partial charge in [-0.25, -0.2) is 0 Å². The standard InChI is InChI=1S/C8H7BrF3NO3/c1-15-5-2-13-4(3-14)7(6(5)9)16-8(10,11)12/h2,14H,3H2,1H3. The summed E-state index contributed by atoms with van der Waals surface area (Å²) in [7, 11) is 1.28. The van der Waals surface area contributed by atoms with Gasteiger partial charge in [-0.05, 0) is 15.9 Å². The highest BCUT2D eigenvalue weighted by atomic mass is 79.9. The largest absolute Gasteiger partial charge is 0.573 e. The summed E-state index contributed by atoms with van der Waals surface area (Å²) >= 11 is 2.88. The van der Waals surface area contributed by atoms with Gasteiger partial charge in [0.15, 0.2) is 11.5 Å². The molecule has 0 aliphatic heterocycles. The van der Waals surface area contributed by atoms with Gasteiger partial charge in [0.05, 0.1) is 19.9 Å². The molecule has 1 aromatic rings. The molecular weight excluding hydrogens is 295 g/mol. The Hall–Kier alpha value is -1.02. The molecule has 90 valence electrons. The zero-order valence-electron chi connectivity index (χ0n) is 8.01. The summed E-state index contributed by atoms with van der Waals surface area (Å²) < 4.78 is 44.7. The Morgan fingerprint density at radius 2 is 2.12 bits per heavy atom.